The average molecular weight is 274 g/mol. The molecular formula is C15H19FN4. The fraction of sp³-hybridized carbons (Fsp3) is 0.267. The van der Waals surface area contributed by atoms with Crippen LogP contribution in [0.15, 0.2) is 42.0 Å². The van der Waals surface area contributed by atoms with E-state index in [4.69, 9.17) is 0 Å². The number of fused-ring (bicyclic) bond motifs is 1. The zero-order valence-electron chi connectivity index (χ0n) is 11.5. The van der Waals surface area contributed by atoms with Crippen molar-refractivity contribution in [3.63, 3.8) is 0 Å². The lowest BCUT2D eigenvalue weighted by molar-refractivity contribution is 0.629. The molecule has 4 nitrogen and oxygen atoms in total. The summed E-state index contributed by atoms with van der Waals surface area (Å²) in [4.78, 5) is 7.25. The normalized spacial score (nSPS) is 11.6. The molecule has 0 aliphatic carbocycles. The van der Waals surface area contributed by atoms with Crippen molar-refractivity contribution in [2.75, 3.05) is 20.1 Å². The highest BCUT2D eigenvalue weighted by Gasteiger charge is 2.05. The van der Waals surface area contributed by atoms with Gasteiger partial charge in [-0.25, -0.2) is 4.39 Å². The van der Waals surface area contributed by atoms with Gasteiger partial charge in [-0.3, -0.25) is 4.99 Å². The largest absolute Gasteiger partial charge is 0.361 e. The fourth-order valence-electron chi connectivity index (χ4n) is 2.06. The number of aromatic nitrogens is 1. The third kappa shape index (κ3) is 3.38. The molecule has 0 aliphatic heterocycles. The second-order valence-corrected chi connectivity index (χ2v) is 4.42. The molecule has 2 rings (SSSR count). The molecule has 0 radical (unpaired) electrons. The van der Waals surface area contributed by atoms with E-state index in [1.54, 1.807) is 25.3 Å². The summed E-state index contributed by atoms with van der Waals surface area (Å²) < 4.78 is 13.3. The van der Waals surface area contributed by atoms with Gasteiger partial charge in [0.15, 0.2) is 5.96 Å². The Balaban J connectivity index is 1.95. The second-order valence-electron chi connectivity index (χ2n) is 4.42. The molecule has 0 fully saturated rings. The number of aromatic amines is 1. The van der Waals surface area contributed by atoms with Crippen LogP contribution in [0.5, 0.6) is 0 Å². The summed E-state index contributed by atoms with van der Waals surface area (Å²) in [6, 6.07) is 4.78. The van der Waals surface area contributed by atoms with Crippen molar-refractivity contribution < 1.29 is 4.39 Å². The number of rotatable bonds is 5. The first kappa shape index (κ1) is 14.1. The molecule has 5 heteroatoms. The van der Waals surface area contributed by atoms with E-state index in [0.717, 1.165) is 35.4 Å². The molecule has 0 bridgehead atoms. The first-order valence-corrected chi connectivity index (χ1v) is 6.55. The van der Waals surface area contributed by atoms with Gasteiger partial charge in [-0.2, -0.15) is 0 Å². The van der Waals surface area contributed by atoms with Gasteiger partial charge in [0.2, 0.25) is 0 Å². The van der Waals surface area contributed by atoms with Crippen molar-refractivity contribution in [2.24, 2.45) is 4.99 Å². The average Bonchev–Trinajstić information content (AvgIpc) is 2.85. The van der Waals surface area contributed by atoms with Crippen LogP contribution >= 0.6 is 0 Å². The molecule has 0 amide bonds. The summed E-state index contributed by atoms with van der Waals surface area (Å²) in [5, 5.41) is 7.24. The predicted octanol–water partition coefficient (Wildman–Crippen LogP) is 2.20. The molecule has 0 saturated carbocycles. The minimum Gasteiger partial charge on any atom is -0.361 e. The molecular weight excluding hydrogens is 255 g/mol. The number of H-pyrrole nitrogens is 1. The Kier molecular flexibility index (Phi) is 4.76. The number of nitrogens with one attached hydrogen (secondary N) is 3. The third-order valence-corrected chi connectivity index (χ3v) is 3.05. The summed E-state index contributed by atoms with van der Waals surface area (Å²) in [6.45, 7) is 5.03. The van der Waals surface area contributed by atoms with Crippen molar-refractivity contribution in [3.05, 3.63) is 48.4 Å². The Morgan fingerprint density at radius 1 is 1.45 bits per heavy atom. The summed E-state index contributed by atoms with van der Waals surface area (Å²) >= 11 is 0. The molecule has 3 N–H and O–H groups in total. The molecule has 0 unspecified atom stereocenters. The molecule has 2 aromatic rings. The Bertz CT molecular complexity index is 615. The van der Waals surface area contributed by atoms with Crippen LogP contribution in [0.4, 0.5) is 4.39 Å². The monoisotopic (exact) mass is 274 g/mol. The first-order valence-electron chi connectivity index (χ1n) is 6.55. The van der Waals surface area contributed by atoms with E-state index in [0.29, 0.717) is 6.54 Å². The third-order valence-electron chi connectivity index (χ3n) is 3.05. The highest BCUT2D eigenvalue weighted by Crippen LogP contribution is 2.19. The van der Waals surface area contributed by atoms with Crippen LogP contribution < -0.4 is 10.6 Å². The van der Waals surface area contributed by atoms with E-state index >= 15 is 0 Å². The van der Waals surface area contributed by atoms with Crippen molar-refractivity contribution in [3.8, 4) is 0 Å². The van der Waals surface area contributed by atoms with Gasteiger partial charge in [-0.05, 0) is 30.2 Å². The smallest absolute Gasteiger partial charge is 0.191 e. The van der Waals surface area contributed by atoms with Crippen molar-refractivity contribution in [1.82, 2.24) is 15.6 Å². The zero-order valence-corrected chi connectivity index (χ0v) is 11.5. The maximum absolute atomic E-state index is 13.3. The summed E-state index contributed by atoms with van der Waals surface area (Å²) in [6.07, 6.45) is 4.49. The maximum Gasteiger partial charge on any atom is 0.191 e. The molecule has 20 heavy (non-hydrogen) atoms. The van der Waals surface area contributed by atoms with Crippen LogP contribution in [0.1, 0.15) is 5.56 Å². The topological polar surface area (TPSA) is 52.2 Å². The van der Waals surface area contributed by atoms with Crippen molar-refractivity contribution in [1.29, 1.82) is 0 Å². The van der Waals surface area contributed by atoms with Gasteiger partial charge in [0, 0.05) is 37.2 Å². The maximum atomic E-state index is 13.3. The van der Waals surface area contributed by atoms with Gasteiger partial charge in [0.1, 0.15) is 5.82 Å². The van der Waals surface area contributed by atoms with E-state index in [2.05, 4.69) is 27.2 Å². The zero-order chi connectivity index (χ0) is 14.4. The van der Waals surface area contributed by atoms with Gasteiger partial charge < -0.3 is 15.6 Å². The van der Waals surface area contributed by atoms with E-state index in [1.807, 2.05) is 6.20 Å². The van der Waals surface area contributed by atoms with Crippen LogP contribution in [-0.4, -0.2) is 31.1 Å². The predicted molar refractivity (Wildman–Crippen MR) is 81.5 cm³/mol. The Morgan fingerprint density at radius 3 is 3.05 bits per heavy atom. The SMILES string of the molecule is C=CCNC(=NC)NCCc1c[nH]c2ccc(F)cc12. The van der Waals surface area contributed by atoms with Crippen LogP contribution in [0.3, 0.4) is 0 Å². The van der Waals surface area contributed by atoms with Crippen LogP contribution in [0.2, 0.25) is 0 Å². The standard InChI is InChI=1S/C15H19FN4/c1-3-7-18-15(17-2)19-8-6-11-10-20-14-5-4-12(16)9-13(11)14/h3-5,9-10,20H,1,6-8H2,2H3,(H2,17,18,19). The van der Waals surface area contributed by atoms with Gasteiger partial charge in [0.25, 0.3) is 0 Å². The summed E-state index contributed by atoms with van der Waals surface area (Å²) in [5.74, 6) is 0.519. The van der Waals surface area contributed by atoms with E-state index in [-0.39, 0.29) is 5.82 Å². The molecule has 1 aromatic heterocycles. The molecule has 0 atom stereocenters. The number of guanidine groups is 1. The quantitative estimate of drug-likeness (QED) is 0.445. The van der Waals surface area contributed by atoms with Gasteiger partial charge in [0.05, 0.1) is 0 Å². The Morgan fingerprint density at radius 2 is 2.30 bits per heavy atom. The minimum atomic E-state index is -0.213. The van der Waals surface area contributed by atoms with Gasteiger partial charge >= 0.3 is 0 Å². The number of hydrogen-bond acceptors (Lipinski definition) is 1. The first-order chi connectivity index (χ1) is 9.74. The molecule has 1 heterocycles. The van der Waals surface area contributed by atoms with Crippen LogP contribution in [-0.2, 0) is 6.42 Å². The lowest BCUT2D eigenvalue weighted by Gasteiger charge is -2.09. The van der Waals surface area contributed by atoms with Crippen LogP contribution in [0, 0.1) is 5.82 Å². The molecule has 0 saturated heterocycles. The number of aliphatic imine (C=N–C) groups is 1. The molecule has 0 aliphatic rings. The highest BCUT2D eigenvalue weighted by atomic mass is 19.1. The van der Waals surface area contributed by atoms with E-state index < -0.39 is 0 Å². The second kappa shape index (κ2) is 6.75. The van der Waals surface area contributed by atoms with E-state index in [9.17, 15) is 4.39 Å². The fourth-order valence-corrected chi connectivity index (χ4v) is 2.06. The number of halogens is 1. The van der Waals surface area contributed by atoms with Crippen molar-refractivity contribution in [2.45, 2.75) is 6.42 Å². The molecule has 0 spiro atoms. The summed E-state index contributed by atoms with van der Waals surface area (Å²) in [5.41, 5.74) is 2.04. The Labute approximate surface area is 117 Å². The lowest BCUT2D eigenvalue weighted by Crippen LogP contribution is -2.38. The Hall–Kier alpha value is -2.30. The summed E-state index contributed by atoms with van der Waals surface area (Å²) in [7, 11) is 1.72. The molecule has 1 aromatic carbocycles. The molecule has 106 valence electrons. The lowest BCUT2D eigenvalue weighted by atomic mass is 10.1. The number of hydrogen-bond donors (Lipinski definition) is 3. The highest BCUT2D eigenvalue weighted by molar-refractivity contribution is 5.83. The minimum absolute atomic E-state index is 0.213. The van der Waals surface area contributed by atoms with E-state index in [1.165, 1.54) is 6.07 Å². The number of nitrogens with zero attached hydrogens (tertiary/aromatic N) is 1. The van der Waals surface area contributed by atoms with Crippen LogP contribution in [0.25, 0.3) is 10.9 Å². The van der Waals surface area contributed by atoms with Crippen molar-refractivity contribution >= 4 is 16.9 Å². The van der Waals surface area contributed by atoms with Gasteiger partial charge in [-0.1, -0.05) is 6.08 Å². The number of benzene rings is 1. The van der Waals surface area contributed by atoms with Gasteiger partial charge in [-0.15, -0.1) is 6.58 Å².